The van der Waals surface area contributed by atoms with Gasteiger partial charge in [0.05, 0.1) is 5.88 Å². The van der Waals surface area contributed by atoms with Crippen LogP contribution in [0.25, 0.3) is 10.1 Å². The van der Waals surface area contributed by atoms with Gasteiger partial charge in [0.15, 0.2) is 11.6 Å². The third-order valence-electron chi connectivity index (χ3n) is 1.89. The third-order valence-corrected chi connectivity index (χ3v) is 3.14. The molecule has 0 spiro atoms. The molecule has 1 heterocycles. The van der Waals surface area contributed by atoms with E-state index in [1.807, 2.05) is 11.4 Å². The molecule has 1 aromatic heterocycles. The highest BCUT2D eigenvalue weighted by atomic mass is 35.5. The van der Waals surface area contributed by atoms with Gasteiger partial charge in [-0.25, -0.2) is 4.39 Å². The second-order valence-corrected chi connectivity index (χ2v) is 3.84. The molecular weight excluding hydrogens is 211 g/mol. The first-order valence-electron chi connectivity index (χ1n) is 3.67. The molecule has 4 heteroatoms. The summed E-state index contributed by atoms with van der Waals surface area (Å²) in [6.07, 6.45) is 0. The Morgan fingerprint density at radius 1 is 1.54 bits per heavy atom. The molecule has 68 valence electrons. The van der Waals surface area contributed by atoms with E-state index in [2.05, 4.69) is 0 Å². The number of hydrogen-bond acceptors (Lipinski definition) is 2. The van der Waals surface area contributed by atoms with Crippen LogP contribution in [0.4, 0.5) is 4.39 Å². The SMILES string of the molecule is Oc1cc2ccsc2c(CCl)c1F. The first-order valence-corrected chi connectivity index (χ1v) is 5.09. The molecule has 0 fully saturated rings. The van der Waals surface area contributed by atoms with Crippen LogP contribution in [-0.2, 0) is 5.88 Å². The fourth-order valence-corrected chi connectivity index (χ4v) is 2.51. The van der Waals surface area contributed by atoms with Crippen LogP contribution in [0.15, 0.2) is 17.5 Å². The van der Waals surface area contributed by atoms with Crippen molar-refractivity contribution < 1.29 is 9.50 Å². The quantitative estimate of drug-likeness (QED) is 0.724. The molecule has 0 radical (unpaired) electrons. The Morgan fingerprint density at radius 3 is 3.00 bits per heavy atom. The number of rotatable bonds is 1. The van der Waals surface area contributed by atoms with Crippen molar-refractivity contribution in [3.63, 3.8) is 0 Å². The summed E-state index contributed by atoms with van der Waals surface area (Å²) >= 11 is 7.02. The largest absolute Gasteiger partial charge is 0.505 e. The van der Waals surface area contributed by atoms with Crippen LogP contribution in [-0.4, -0.2) is 5.11 Å². The number of fused-ring (bicyclic) bond motifs is 1. The summed E-state index contributed by atoms with van der Waals surface area (Å²) in [6, 6.07) is 3.24. The summed E-state index contributed by atoms with van der Waals surface area (Å²) in [5.41, 5.74) is 0.381. The number of phenolic OH excluding ortho intramolecular Hbond substituents is 1. The van der Waals surface area contributed by atoms with E-state index in [-0.39, 0.29) is 11.6 Å². The summed E-state index contributed by atoms with van der Waals surface area (Å²) in [7, 11) is 0. The lowest BCUT2D eigenvalue weighted by molar-refractivity contribution is 0.431. The van der Waals surface area contributed by atoms with E-state index in [9.17, 15) is 9.50 Å². The van der Waals surface area contributed by atoms with E-state index >= 15 is 0 Å². The van der Waals surface area contributed by atoms with Gasteiger partial charge in [-0.05, 0) is 22.9 Å². The zero-order chi connectivity index (χ0) is 9.42. The number of alkyl halides is 1. The summed E-state index contributed by atoms with van der Waals surface area (Å²) in [5.74, 6) is -0.858. The fourth-order valence-electron chi connectivity index (χ4n) is 1.26. The minimum absolute atomic E-state index is 0.0806. The minimum atomic E-state index is -0.607. The Bertz CT molecular complexity index is 452. The number of thiophene rings is 1. The number of aromatic hydroxyl groups is 1. The van der Waals surface area contributed by atoms with Crippen LogP contribution in [0.2, 0.25) is 0 Å². The molecule has 2 aromatic rings. The van der Waals surface area contributed by atoms with Gasteiger partial charge in [-0.2, -0.15) is 0 Å². The number of hydrogen-bond donors (Lipinski definition) is 1. The molecule has 1 nitrogen and oxygen atoms in total. The molecule has 13 heavy (non-hydrogen) atoms. The van der Waals surface area contributed by atoms with Gasteiger partial charge in [0, 0.05) is 10.3 Å². The Kier molecular flexibility index (Phi) is 2.14. The van der Waals surface area contributed by atoms with E-state index in [4.69, 9.17) is 11.6 Å². The van der Waals surface area contributed by atoms with Crippen LogP contribution in [0.1, 0.15) is 5.56 Å². The van der Waals surface area contributed by atoms with Crippen molar-refractivity contribution in [2.24, 2.45) is 0 Å². The zero-order valence-electron chi connectivity index (χ0n) is 6.55. The lowest BCUT2D eigenvalue weighted by Crippen LogP contribution is -1.86. The second kappa shape index (κ2) is 3.16. The number of halogens is 2. The number of phenols is 1. The second-order valence-electron chi connectivity index (χ2n) is 2.66. The van der Waals surface area contributed by atoms with Crippen LogP contribution >= 0.6 is 22.9 Å². The van der Waals surface area contributed by atoms with Gasteiger partial charge in [0.2, 0.25) is 0 Å². The van der Waals surface area contributed by atoms with Crippen LogP contribution in [0.5, 0.6) is 5.75 Å². The average Bonchev–Trinajstić information content (AvgIpc) is 2.54. The smallest absolute Gasteiger partial charge is 0.170 e. The average molecular weight is 217 g/mol. The topological polar surface area (TPSA) is 20.2 Å². The lowest BCUT2D eigenvalue weighted by atomic mass is 10.1. The van der Waals surface area contributed by atoms with E-state index in [0.717, 1.165) is 10.1 Å². The van der Waals surface area contributed by atoms with Crippen LogP contribution < -0.4 is 0 Å². The summed E-state index contributed by atoms with van der Waals surface area (Å²) in [5, 5.41) is 11.9. The van der Waals surface area contributed by atoms with Gasteiger partial charge >= 0.3 is 0 Å². The predicted molar refractivity (Wildman–Crippen MR) is 53.0 cm³/mol. The van der Waals surface area contributed by atoms with Gasteiger partial charge in [0.25, 0.3) is 0 Å². The van der Waals surface area contributed by atoms with E-state index < -0.39 is 5.82 Å². The van der Waals surface area contributed by atoms with Crippen molar-refractivity contribution in [3.8, 4) is 5.75 Å². The maximum absolute atomic E-state index is 13.3. The van der Waals surface area contributed by atoms with E-state index in [1.54, 1.807) is 0 Å². The van der Waals surface area contributed by atoms with Gasteiger partial charge in [-0.1, -0.05) is 0 Å². The normalized spacial score (nSPS) is 10.9. The first kappa shape index (κ1) is 8.78. The molecule has 0 saturated heterocycles. The Hall–Kier alpha value is -0.800. The maximum atomic E-state index is 13.3. The van der Waals surface area contributed by atoms with Gasteiger partial charge in [0.1, 0.15) is 0 Å². The van der Waals surface area contributed by atoms with Crippen molar-refractivity contribution >= 4 is 33.0 Å². The van der Waals surface area contributed by atoms with Crippen molar-refractivity contribution in [1.29, 1.82) is 0 Å². The molecule has 0 atom stereocenters. The monoisotopic (exact) mass is 216 g/mol. The minimum Gasteiger partial charge on any atom is -0.505 e. The number of benzene rings is 1. The molecule has 0 amide bonds. The summed E-state index contributed by atoms with van der Waals surface area (Å²) in [6.45, 7) is 0. The highest BCUT2D eigenvalue weighted by Gasteiger charge is 2.12. The van der Waals surface area contributed by atoms with E-state index in [0.29, 0.717) is 5.56 Å². The Balaban J connectivity index is 2.87. The van der Waals surface area contributed by atoms with Crippen molar-refractivity contribution in [1.82, 2.24) is 0 Å². The van der Waals surface area contributed by atoms with Gasteiger partial charge in [-0.15, -0.1) is 22.9 Å². The van der Waals surface area contributed by atoms with Crippen LogP contribution in [0, 0.1) is 5.82 Å². The highest BCUT2D eigenvalue weighted by molar-refractivity contribution is 7.17. The van der Waals surface area contributed by atoms with Crippen molar-refractivity contribution in [2.75, 3.05) is 0 Å². The predicted octanol–water partition coefficient (Wildman–Crippen LogP) is 3.48. The molecule has 1 N–H and O–H groups in total. The molecule has 0 aliphatic rings. The molecule has 0 aliphatic heterocycles. The Labute approximate surface area is 83.4 Å². The van der Waals surface area contributed by atoms with Crippen molar-refractivity contribution in [3.05, 3.63) is 28.9 Å². The van der Waals surface area contributed by atoms with Gasteiger partial charge < -0.3 is 5.11 Å². The third kappa shape index (κ3) is 1.28. The van der Waals surface area contributed by atoms with Crippen molar-refractivity contribution in [2.45, 2.75) is 5.88 Å². The lowest BCUT2D eigenvalue weighted by Gasteiger charge is -2.02. The standard InChI is InChI=1S/C9H6ClFOS/c10-4-6-8(11)7(12)3-5-1-2-13-9(5)6/h1-3,12H,4H2. The summed E-state index contributed by atoms with van der Waals surface area (Å²) < 4.78 is 14.1. The summed E-state index contributed by atoms with van der Waals surface area (Å²) in [4.78, 5) is 0. The van der Waals surface area contributed by atoms with Gasteiger partial charge in [-0.3, -0.25) is 0 Å². The highest BCUT2D eigenvalue weighted by Crippen LogP contribution is 2.33. The first-order chi connectivity index (χ1) is 6.24. The molecular formula is C9H6ClFOS. The Morgan fingerprint density at radius 2 is 2.31 bits per heavy atom. The molecule has 0 saturated carbocycles. The fraction of sp³-hybridized carbons (Fsp3) is 0.111. The molecule has 0 bridgehead atoms. The molecule has 2 rings (SSSR count). The molecule has 0 aliphatic carbocycles. The maximum Gasteiger partial charge on any atom is 0.170 e. The molecule has 0 unspecified atom stereocenters. The zero-order valence-corrected chi connectivity index (χ0v) is 8.12. The van der Waals surface area contributed by atoms with Crippen LogP contribution in [0.3, 0.4) is 0 Å². The molecule has 1 aromatic carbocycles. The van der Waals surface area contributed by atoms with E-state index in [1.165, 1.54) is 17.4 Å².